The second-order valence-corrected chi connectivity index (χ2v) is 8.07. The smallest absolute Gasteiger partial charge is 0.169 e. The average Bonchev–Trinajstić information content (AvgIpc) is 2.73. The minimum absolute atomic E-state index is 0.793. The molecule has 1 aliphatic heterocycles. The fourth-order valence-corrected chi connectivity index (χ4v) is 3.91. The van der Waals surface area contributed by atoms with Gasteiger partial charge in [0.2, 0.25) is 0 Å². The zero-order valence-corrected chi connectivity index (χ0v) is 17.4. The van der Waals surface area contributed by atoms with Gasteiger partial charge in [0.1, 0.15) is 0 Å². The summed E-state index contributed by atoms with van der Waals surface area (Å²) in [5.41, 5.74) is 2.53. The van der Waals surface area contributed by atoms with Crippen LogP contribution >= 0.6 is 24.0 Å². The highest BCUT2D eigenvalue weighted by Gasteiger charge is 2.11. The molecule has 2 aromatic carbocycles. The largest absolute Gasteiger partial charge is 0.378 e. The highest BCUT2D eigenvalue weighted by molar-refractivity contribution is 7.99. The zero-order chi connectivity index (χ0) is 18.9. The van der Waals surface area contributed by atoms with Crippen molar-refractivity contribution in [3.63, 3.8) is 0 Å². The van der Waals surface area contributed by atoms with Crippen molar-refractivity contribution in [3.8, 4) is 0 Å². The molecule has 144 valence electrons. The number of benzene rings is 2. The SMILES string of the molecule is CN(Cc1ccc(N2CCOCC2)cc1)C(=S)NCCSc1ccccc1. The Bertz CT molecular complexity index is 703. The second-order valence-electron chi connectivity index (χ2n) is 6.52. The molecule has 27 heavy (non-hydrogen) atoms. The molecule has 1 saturated heterocycles. The summed E-state index contributed by atoms with van der Waals surface area (Å²) in [7, 11) is 2.04. The van der Waals surface area contributed by atoms with Crippen molar-refractivity contribution in [2.24, 2.45) is 0 Å². The Kier molecular flexibility index (Phi) is 7.80. The molecular formula is C21H27N3OS2. The van der Waals surface area contributed by atoms with Crippen molar-refractivity contribution in [2.75, 3.05) is 50.5 Å². The molecule has 0 spiro atoms. The van der Waals surface area contributed by atoms with E-state index in [4.69, 9.17) is 17.0 Å². The first-order valence-electron chi connectivity index (χ1n) is 9.31. The minimum atomic E-state index is 0.793. The van der Waals surface area contributed by atoms with Gasteiger partial charge in [0, 0.05) is 49.6 Å². The van der Waals surface area contributed by atoms with Crippen molar-refractivity contribution in [1.82, 2.24) is 10.2 Å². The van der Waals surface area contributed by atoms with Crippen molar-refractivity contribution in [1.29, 1.82) is 0 Å². The van der Waals surface area contributed by atoms with Crippen LogP contribution in [0.5, 0.6) is 0 Å². The van der Waals surface area contributed by atoms with Crippen LogP contribution in [0.1, 0.15) is 5.56 Å². The molecule has 6 heteroatoms. The van der Waals surface area contributed by atoms with Crippen LogP contribution in [0.3, 0.4) is 0 Å². The minimum Gasteiger partial charge on any atom is -0.378 e. The summed E-state index contributed by atoms with van der Waals surface area (Å²) in [4.78, 5) is 5.75. The molecule has 1 N–H and O–H groups in total. The normalized spacial score (nSPS) is 14.0. The molecule has 0 bridgehead atoms. The molecule has 0 radical (unpaired) electrons. The first kappa shape index (κ1) is 20.0. The molecular weight excluding hydrogens is 374 g/mol. The second kappa shape index (κ2) is 10.5. The van der Waals surface area contributed by atoms with Crippen molar-refractivity contribution in [2.45, 2.75) is 11.4 Å². The Hall–Kier alpha value is -1.76. The van der Waals surface area contributed by atoms with E-state index in [-0.39, 0.29) is 0 Å². The highest BCUT2D eigenvalue weighted by Crippen LogP contribution is 2.18. The first-order chi connectivity index (χ1) is 13.2. The molecule has 2 aromatic rings. The van der Waals surface area contributed by atoms with Gasteiger partial charge in [-0.25, -0.2) is 0 Å². The molecule has 4 nitrogen and oxygen atoms in total. The predicted octanol–water partition coefficient (Wildman–Crippen LogP) is 3.62. The van der Waals surface area contributed by atoms with Crippen LogP contribution in [0.15, 0.2) is 59.5 Å². The number of thiocarbonyl (C=S) groups is 1. The molecule has 0 aromatic heterocycles. The molecule has 1 aliphatic rings. The van der Waals surface area contributed by atoms with E-state index in [9.17, 15) is 0 Å². The Morgan fingerprint density at radius 2 is 1.81 bits per heavy atom. The van der Waals surface area contributed by atoms with Crippen LogP contribution in [-0.4, -0.2) is 55.7 Å². The number of nitrogens with zero attached hydrogens (tertiary/aromatic N) is 2. The quantitative estimate of drug-likeness (QED) is 0.433. The van der Waals surface area contributed by atoms with Crippen molar-refractivity contribution < 1.29 is 4.74 Å². The van der Waals surface area contributed by atoms with E-state index in [0.29, 0.717) is 0 Å². The fourth-order valence-electron chi connectivity index (χ4n) is 2.96. The molecule has 0 unspecified atom stereocenters. The van der Waals surface area contributed by atoms with Gasteiger partial charge < -0.3 is 19.9 Å². The van der Waals surface area contributed by atoms with Crippen LogP contribution in [0.4, 0.5) is 5.69 Å². The van der Waals surface area contributed by atoms with Gasteiger partial charge in [-0.1, -0.05) is 30.3 Å². The predicted molar refractivity (Wildman–Crippen MR) is 119 cm³/mol. The maximum atomic E-state index is 5.52. The zero-order valence-electron chi connectivity index (χ0n) is 15.8. The third-order valence-electron chi connectivity index (χ3n) is 4.47. The van der Waals surface area contributed by atoms with Gasteiger partial charge >= 0.3 is 0 Å². The fraction of sp³-hybridized carbons (Fsp3) is 0.381. The molecule has 0 aliphatic carbocycles. The van der Waals surface area contributed by atoms with Crippen LogP contribution < -0.4 is 10.2 Å². The maximum absolute atomic E-state index is 5.52. The number of hydrogen-bond acceptors (Lipinski definition) is 4. The third kappa shape index (κ3) is 6.41. The number of morpholine rings is 1. The van der Waals surface area contributed by atoms with Crippen LogP contribution in [0, 0.1) is 0 Å². The third-order valence-corrected chi connectivity index (χ3v) is 5.94. The van der Waals surface area contributed by atoms with Gasteiger partial charge in [-0.3, -0.25) is 0 Å². The van der Waals surface area contributed by atoms with E-state index >= 15 is 0 Å². The van der Waals surface area contributed by atoms with E-state index in [1.165, 1.54) is 16.1 Å². The molecule has 0 saturated carbocycles. The van der Waals surface area contributed by atoms with Gasteiger partial charge in [-0.15, -0.1) is 11.8 Å². The summed E-state index contributed by atoms with van der Waals surface area (Å²) in [6.07, 6.45) is 0. The lowest BCUT2D eigenvalue weighted by atomic mass is 10.2. The molecule has 1 fully saturated rings. The highest BCUT2D eigenvalue weighted by atomic mass is 32.2. The topological polar surface area (TPSA) is 27.7 Å². The lowest BCUT2D eigenvalue weighted by Crippen LogP contribution is -2.37. The van der Waals surface area contributed by atoms with Crippen LogP contribution in [0.2, 0.25) is 0 Å². The van der Waals surface area contributed by atoms with Crippen LogP contribution in [0.25, 0.3) is 0 Å². The summed E-state index contributed by atoms with van der Waals surface area (Å²) >= 11 is 7.36. The van der Waals surface area contributed by atoms with Crippen molar-refractivity contribution >= 4 is 34.8 Å². The van der Waals surface area contributed by atoms with E-state index in [1.54, 1.807) is 0 Å². The Balaban J connectivity index is 1.39. The Morgan fingerprint density at radius 3 is 2.52 bits per heavy atom. The maximum Gasteiger partial charge on any atom is 0.169 e. The number of hydrogen-bond donors (Lipinski definition) is 1. The number of anilines is 1. The van der Waals surface area contributed by atoms with Gasteiger partial charge in [-0.05, 0) is 42.0 Å². The standard InChI is InChI=1S/C21H27N3OS2/c1-23(21(26)22-11-16-27-20-5-3-2-4-6-20)17-18-7-9-19(10-8-18)24-12-14-25-15-13-24/h2-10H,11-17H2,1H3,(H,22,26). The summed E-state index contributed by atoms with van der Waals surface area (Å²) in [6, 6.07) is 19.2. The van der Waals surface area contributed by atoms with Gasteiger partial charge in [0.05, 0.1) is 13.2 Å². The van der Waals surface area contributed by atoms with E-state index in [1.807, 2.05) is 24.9 Å². The van der Waals surface area contributed by atoms with E-state index < -0.39 is 0 Å². The van der Waals surface area contributed by atoms with E-state index in [2.05, 4.69) is 63.6 Å². The summed E-state index contributed by atoms with van der Waals surface area (Å²) in [5, 5.41) is 4.14. The van der Waals surface area contributed by atoms with Crippen molar-refractivity contribution in [3.05, 3.63) is 60.2 Å². The first-order valence-corrected chi connectivity index (χ1v) is 10.7. The number of ether oxygens (including phenoxy) is 1. The monoisotopic (exact) mass is 401 g/mol. The Labute approximate surface area is 171 Å². The molecule has 0 amide bonds. The summed E-state index contributed by atoms with van der Waals surface area (Å²) < 4.78 is 5.42. The lowest BCUT2D eigenvalue weighted by molar-refractivity contribution is 0.122. The number of rotatable bonds is 7. The van der Waals surface area contributed by atoms with Gasteiger partial charge in [0.25, 0.3) is 0 Å². The van der Waals surface area contributed by atoms with Gasteiger partial charge in [0.15, 0.2) is 5.11 Å². The summed E-state index contributed by atoms with van der Waals surface area (Å²) in [5.74, 6) is 0.992. The lowest BCUT2D eigenvalue weighted by Gasteiger charge is -2.29. The number of thioether (sulfide) groups is 1. The molecule has 1 heterocycles. The Morgan fingerprint density at radius 1 is 1.11 bits per heavy atom. The summed E-state index contributed by atoms with van der Waals surface area (Å²) in [6.45, 7) is 5.22. The molecule has 0 atom stereocenters. The van der Waals surface area contributed by atoms with E-state index in [0.717, 1.165) is 50.3 Å². The average molecular weight is 402 g/mol. The molecule has 3 rings (SSSR count). The van der Waals surface area contributed by atoms with Crippen LogP contribution in [-0.2, 0) is 11.3 Å². The van der Waals surface area contributed by atoms with Gasteiger partial charge in [-0.2, -0.15) is 0 Å². The number of nitrogens with one attached hydrogen (secondary N) is 1.